The molecule has 2 rings (SSSR count). The van der Waals surface area contributed by atoms with Crippen molar-refractivity contribution >= 4 is 17.5 Å². The molecule has 122 valence electrons. The van der Waals surface area contributed by atoms with Crippen LogP contribution in [0.3, 0.4) is 0 Å². The highest BCUT2D eigenvalue weighted by Crippen LogP contribution is 2.20. The van der Waals surface area contributed by atoms with Gasteiger partial charge in [0.1, 0.15) is 5.82 Å². The van der Waals surface area contributed by atoms with Crippen LogP contribution in [0.5, 0.6) is 0 Å². The van der Waals surface area contributed by atoms with E-state index < -0.39 is 5.82 Å². The van der Waals surface area contributed by atoms with Crippen LogP contribution in [0.2, 0.25) is 5.02 Å². The molecule has 1 unspecified atom stereocenters. The van der Waals surface area contributed by atoms with Gasteiger partial charge in [-0.15, -0.1) is 0 Å². The van der Waals surface area contributed by atoms with Gasteiger partial charge in [0.2, 0.25) is 0 Å². The Morgan fingerprint density at radius 2 is 2.00 bits per heavy atom. The summed E-state index contributed by atoms with van der Waals surface area (Å²) in [6, 6.07) is 4.27. The van der Waals surface area contributed by atoms with Gasteiger partial charge in [-0.1, -0.05) is 25.4 Å². The first-order chi connectivity index (χ1) is 10.4. The maximum Gasteiger partial charge on any atom is 0.256 e. The van der Waals surface area contributed by atoms with E-state index in [4.69, 9.17) is 11.6 Å². The molecule has 0 N–H and O–H groups in total. The molecule has 1 fully saturated rings. The largest absolute Gasteiger partial charge is 0.337 e. The van der Waals surface area contributed by atoms with E-state index in [0.29, 0.717) is 10.9 Å². The van der Waals surface area contributed by atoms with Crippen LogP contribution in [0.1, 0.15) is 37.0 Å². The Kier molecular flexibility index (Phi) is 5.81. The summed E-state index contributed by atoms with van der Waals surface area (Å²) in [7, 11) is 1.76. The normalized spacial score (nSPS) is 17.0. The third-order valence-electron chi connectivity index (χ3n) is 4.39. The number of benzene rings is 1. The number of likely N-dealkylation sites (tertiary alicyclic amines) is 1. The van der Waals surface area contributed by atoms with Crippen LogP contribution in [0.15, 0.2) is 18.2 Å². The standard InChI is InChI=1S/C17H24ClFN2O/c1-12(2)16(11-21-8-4-5-9-21)20(3)17(22)14-7-6-13(18)10-15(14)19/h6-7,10,12,16H,4-5,8-9,11H2,1-3H3. The summed E-state index contributed by atoms with van der Waals surface area (Å²) in [4.78, 5) is 16.7. The van der Waals surface area contributed by atoms with Gasteiger partial charge in [0.05, 0.1) is 5.56 Å². The summed E-state index contributed by atoms with van der Waals surface area (Å²) in [6.07, 6.45) is 2.43. The summed E-state index contributed by atoms with van der Waals surface area (Å²) in [5.74, 6) is -0.537. The second-order valence-electron chi connectivity index (χ2n) is 6.36. The van der Waals surface area contributed by atoms with Crippen molar-refractivity contribution in [1.82, 2.24) is 9.80 Å². The van der Waals surface area contributed by atoms with Crippen molar-refractivity contribution in [3.05, 3.63) is 34.6 Å². The topological polar surface area (TPSA) is 23.6 Å². The summed E-state index contributed by atoms with van der Waals surface area (Å²) in [6.45, 7) is 7.21. The molecule has 1 heterocycles. The molecule has 5 heteroatoms. The Bertz CT molecular complexity index is 529. The molecule has 3 nitrogen and oxygen atoms in total. The fourth-order valence-electron chi connectivity index (χ4n) is 3.01. The number of carbonyl (C=O) groups excluding carboxylic acids is 1. The van der Waals surface area contributed by atoms with Gasteiger partial charge in [-0.2, -0.15) is 0 Å². The monoisotopic (exact) mass is 326 g/mol. The van der Waals surface area contributed by atoms with Crippen LogP contribution in [0.4, 0.5) is 4.39 Å². The number of carbonyl (C=O) groups is 1. The quantitative estimate of drug-likeness (QED) is 0.824. The zero-order chi connectivity index (χ0) is 16.3. The van der Waals surface area contributed by atoms with E-state index in [1.54, 1.807) is 18.0 Å². The van der Waals surface area contributed by atoms with Gasteiger partial charge in [-0.3, -0.25) is 4.79 Å². The molecule has 22 heavy (non-hydrogen) atoms. The lowest BCUT2D eigenvalue weighted by atomic mass is 10.0. The second-order valence-corrected chi connectivity index (χ2v) is 6.80. The average molecular weight is 327 g/mol. The Hall–Kier alpha value is -1.13. The molecule has 1 aliphatic heterocycles. The van der Waals surface area contributed by atoms with Gasteiger partial charge in [-0.25, -0.2) is 4.39 Å². The highest BCUT2D eigenvalue weighted by molar-refractivity contribution is 6.30. The van der Waals surface area contributed by atoms with Gasteiger partial charge in [0, 0.05) is 24.7 Å². The number of amides is 1. The second kappa shape index (κ2) is 7.42. The maximum absolute atomic E-state index is 14.0. The average Bonchev–Trinajstić information content (AvgIpc) is 2.96. The number of likely N-dealkylation sites (N-methyl/N-ethyl adjacent to an activating group) is 1. The van der Waals surface area contributed by atoms with Crippen molar-refractivity contribution in [2.24, 2.45) is 5.92 Å². The Morgan fingerprint density at radius 3 is 2.55 bits per heavy atom. The molecular weight excluding hydrogens is 303 g/mol. The Balaban J connectivity index is 2.14. The van der Waals surface area contributed by atoms with E-state index >= 15 is 0 Å². The lowest BCUT2D eigenvalue weighted by molar-refractivity contribution is 0.0637. The van der Waals surface area contributed by atoms with Crippen LogP contribution in [0.25, 0.3) is 0 Å². The molecule has 0 saturated carbocycles. The number of hydrogen-bond donors (Lipinski definition) is 0. The fourth-order valence-corrected chi connectivity index (χ4v) is 3.17. The molecule has 1 aromatic rings. The number of nitrogens with zero attached hydrogens (tertiary/aromatic N) is 2. The smallest absolute Gasteiger partial charge is 0.256 e. The maximum atomic E-state index is 14.0. The number of rotatable bonds is 5. The molecule has 1 aromatic carbocycles. The lowest BCUT2D eigenvalue weighted by Crippen LogP contribution is -2.47. The first kappa shape index (κ1) is 17.2. The van der Waals surface area contributed by atoms with Crippen LogP contribution in [-0.2, 0) is 0 Å². The minimum Gasteiger partial charge on any atom is -0.337 e. The van der Waals surface area contributed by atoms with Gasteiger partial charge in [0.15, 0.2) is 0 Å². The number of halogens is 2. The van der Waals surface area contributed by atoms with Gasteiger partial charge in [0.25, 0.3) is 5.91 Å². The lowest BCUT2D eigenvalue weighted by Gasteiger charge is -2.34. The van der Waals surface area contributed by atoms with Gasteiger partial charge >= 0.3 is 0 Å². The predicted octanol–water partition coefficient (Wildman–Crippen LogP) is 3.67. The van der Waals surface area contributed by atoms with Crippen LogP contribution < -0.4 is 0 Å². The predicted molar refractivity (Wildman–Crippen MR) is 87.8 cm³/mol. The molecule has 0 radical (unpaired) electrons. The van der Waals surface area contributed by atoms with E-state index in [0.717, 1.165) is 19.6 Å². The minimum absolute atomic E-state index is 0.0701. The van der Waals surface area contributed by atoms with Crippen LogP contribution in [0, 0.1) is 11.7 Å². The molecule has 1 saturated heterocycles. The fraction of sp³-hybridized carbons (Fsp3) is 0.588. The van der Waals surface area contributed by atoms with Crippen molar-refractivity contribution in [3.63, 3.8) is 0 Å². The highest BCUT2D eigenvalue weighted by Gasteiger charge is 2.28. The van der Waals surface area contributed by atoms with Crippen molar-refractivity contribution in [2.45, 2.75) is 32.7 Å². The first-order valence-electron chi connectivity index (χ1n) is 7.84. The van der Waals surface area contributed by atoms with E-state index in [1.165, 1.54) is 25.0 Å². The molecule has 0 aliphatic carbocycles. The van der Waals surface area contributed by atoms with Crippen LogP contribution in [-0.4, -0.2) is 48.4 Å². The van der Waals surface area contributed by atoms with E-state index in [-0.39, 0.29) is 17.5 Å². The van der Waals surface area contributed by atoms with Crippen LogP contribution >= 0.6 is 11.6 Å². The zero-order valence-electron chi connectivity index (χ0n) is 13.5. The summed E-state index contributed by atoms with van der Waals surface area (Å²) < 4.78 is 14.0. The third kappa shape index (κ3) is 3.99. The molecule has 1 atom stereocenters. The van der Waals surface area contributed by atoms with Gasteiger partial charge < -0.3 is 9.80 Å². The molecule has 0 bridgehead atoms. The van der Waals surface area contributed by atoms with Gasteiger partial charge in [-0.05, 0) is 50.0 Å². The summed E-state index contributed by atoms with van der Waals surface area (Å²) >= 11 is 5.76. The minimum atomic E-state index is -0.562. The molecular formula is C17H24ClFN2O. The van der Waals surface area contributed by atoms with E-state index in [1.807, 2.05) is 0 Å². The summed E-state index contributed by atoms with van der Waals surface area (Å²) in [5.41, 5.74) is 0.0824. The van der Waals surface area contributed by atoms with E-state index in [2.05, 4.69) is 18.7 Å². The number of hydrogen-bond acceptors (Lipinski definition) is 2. The van der Waals surface area contributed by atoms with Crippen molar-refractivity contribution in [1.29, 1.82) is 0 Å². The van der Waals surface area contributed by atoms with Crippen molar-refractivity contribution in [2.75, 3.05) is 26.7 Å². The van der Waals surface area contributed by atoms with Crippen molar-refractivity contribution in [3.8, 4) is 0 Å². The molecule has 0 aromatic heterocycles. The molecule has 1 amide bonds. The zero-order valence-corrected chi connectivity index (χ0v) is 14.2. The summed E-state index contributed by atoms with van der Waals surface area (Å²) in [5, 5.41) is 0.300. The molecule has 1 aliphatic rings. The van der Waals surface area contributed by atoms with E-state index in [9.17, 15) is 9.18 Å². The Morgan fingerprint density at radius 1 is 1.36 bits per heavy atom. The Labute approximate surface area is 137 Å². The van der Waals surface area contributed by atoms with Crippen molar-refractivity contribution < 1.29 is 9.18 Å². The molecule has 0 spiro atoms. The SMILES string of the molecule is CC(C)C(CN1CCCC1)N(C)C(=O)c1ccc(Cl)cc1F. The third-order valence-corrected chi connectivity index (χ3v) is 4.63. The highest BCUT2D eigenvalue weighted by atomic mass is 35.5. The first-order valence-corrected chi connectivity index (χ1v) is 8.22.